The lowest BCUT2D eigenvalue weighted by molar-refractivity contribution is 0.0180. The summed E-state index contributed by atoms with van der Waals surface area (Å²) in [4.78, 5) is 6.35. The minimum Gasteiger partial charge on any atom is -0.379 e. The average Bonchev–Trinajstić information content (AvgIpc) is 2.42. The van der Waals surface area contributed by atoms with Gasteiger partial charge in [-0.3, -0.25) is 9.89 Å². The van der Waals surface area contributed by atoms with E-state index in [9.17, 15) is 4.39 Å². The molecule has 1 saturated heterocycles. The van der Waals surface area contributed by atoms with E-state index in [4.69, 9.17) is 16.2 Å². The normalized spacial score (nSPS) is 17.1. The fraction of sp³-hybridized carbons (Fsp3) is 0.462. The summed E-state index contributed by atoms with van der Waals surface area (Å²) < 4.78 is 18.3. The topological polar surface area (TPSA) is 76.9 Å². The van der Waals surface area contributed by atoms with Crippen LogP contribution in [0.25, 0.3) is 0 Å². The van der Waals surface area contributed by atoms with E-state index in [-0.39, 0.29) is 41.8 Å². The smallest absolute Gasteiger partial charge is 0.185 e. The Balaban J connectivity index is 0.00000200. The number of morpholine rings is 1. The highest BCUT2D eigenvalue weighted by Crippen LogP contribution is 2.22. The zero-order chi connectivity index (χ0) is 13.7. The minimum absolute atomic E-state index is 0. The summed E-state index contributed by atoms with van der Waals surface area (Å²) >= 11 is 0. The molecule has 0 aromatic heterocycles. The maximum Gasteiger partial charge on any atom is 0.185 e. The van der Waals surface area contributed by atoms with Crippen LogP contribution >= 0.6 is 24.0 Å². The molecule has 1 heterocycles. The Bertz CT molecular complexity index is 431. The molecule has 1 fully saturated rings. The van der Waals surface area contributed by atoms with Crippen LogP contribution in [0.15, 0.2) is 29.3 Å². The maximum absolute atomic E-state index is 13.0. The van der Waals surface area contributed by atoms with Crippen molar-refractivity contribution in [1.82, 2.24) is 4.90 Å². The van der Waals surface area contributed by atoms with Crippen molar-refractivity contribution in [1.29, 1.82) is 0 Å². The first-order chi connectivity index (χ1) is 9.16. The quantitative estimate of drug-likeness (QED) is 0.456. The van der Waals surface area contributed by atoms with Gasteiger partial charge < -0.3 is 16.2 Å². The standard InChI is InChI=1S/C13H19FN4O.HI/c14-11-3-1-10(2-4-11)12(9-17-13(15)16)18-5-7-19-8-6-18;/h1-4,12H,5-9H2,(H4,15,16,17);1H. The van der Waals surface area contributed by atoms with Crippen molar-refractivity contribution in [3.63, 3.8) is 0 Å². The number of hydrogen-bond acceptors (Lipinski definition) is 3. The summed E-state index contributed by atoms with van der Waals surface area (Å²) in [5.41, 5.74) is 11.8. The molecular formula is C13H20FIN4O. The molecule has 1 unspecified atom stereocenters. The lowest BCUT2D eigenvalue weighted by Gasteiger charge is -2.34. The number of guanidine groups is 1. The van der Waals surface area contributed by atoms with Crippen molar-refractivity contribution >= 4 is 29.9 Å². The summed E-state index contributed by atoms with van der Waals surface area (Å²) in [6.45, 7) is 3.50. The molecule has 4 N–H and O–H groups in total. The second kappa shape index (κ2) is 8.38. The van der Waals surface area contributed by atoms with Crippen LogP contribution < -0.4 is 11.5 Å². The van der Waals surface area contributed by atoms with Crippen LogP contribution in [0.5, 0.6) is 0 Å². The predicted molar refractivity (Wildman–Crippen MR) is 87.6 cm³/mol. The van der Waals surface area contributed by atoms with Gasteiger partial charge in [-0.15, -0.1) is 24.0 Å². The molecule has 112 valence electrons. The van der Waals surface area contributed by atoms with Gasteiger partial charge in [0.15, 0.2) is 5.96 Å². The Kier molecular flexibility index (Phi) is 7.17. The Morgan fingerprint density at radius 1 is 1.25 bits per heavy atom. The molecule has 1 aromatic carbocycles. The zero-order valence-corrected chi connectivity index (χ0v) is 13.5. The van der Waals surface area contributed by atoms with Crippen LogP contribution in [0, 0.1) is 5.82 Å². The van der Waals surface area contributed by atoms with Crippen molar-refractivity contribution in [2.75, 3.05) is 32.8 Å². The van der Waals surface area contributed by atoms with Gasteiger partial charge in [0.1, 0.15) is 5.82 Å². The number of nitrogens with zero attached hydrogens (tertiary/aromatic N) is 2. The van der Waals surface area contributed by atoms with Gasteiger partial charge in [-0.05, 0) is 17.7 Å². The van der Waals surface area contributed by atoms with Gasteiger partial charge in [-0.25, -0.2) is 4.39 Å². The van der Waals surface area contributed by atoms with Gasteiger partial charge in [-0.2, -0.15) is 0 Å². The Morgan fingerprint density at radius 3 is 2.40 bits per heavy atom. The van der Waals surface area contributed by atoms with E-state index in [1.165, 1.54) is 12.1 Å². The highest BCUT2D eigenvalue weighted by Gasteiger charge is 2.22. The van der Waals surface area contributed by atoms with Crippen molar-refractivity contribution in [3.05, 3.63) is 35.6 Å². The van der Waals surface area contributed by atoms with Gasteiger partial charge in [0.2, 0.25) is 0 Å². The van der Waals surface area contributed by atoms with Crippen molar-refractivity contribution in [2.24, 2.45) is 16.5 Å². The second-order valence-electron chi connectivity index (χ2n) is 4.48. The first kappa shape index (κ1) is 17.1. The third-order valence-corrected chi connectivity index (χ3v) is 3.19. The van der Waals surface area contributed by atoms with Crippen molar-refractivity contribution in [2.45, 2.75) is 6.04 Å². The molecule has 5 nitrogen and oxygen atoms in total. The number of halogens is 2. The van der Waals surface area contributed by atoms with Crippen LogP contribution in [-0.2, 0) is 4.74 Å². The summed E-state index contributed by atoms with van der Waals surface area (Å²) in [7, 11) is 0. The van der Waals surface area contributed by atoms with Crippen LogP contribution in [0.1, 0.15) is 11.6 Å². The summed E-state index contributed by atoms with van der Waals surface area (Å²) in [5.74, 6) is -0.174. The van der Waals surface area contributed by atoms with Gasteiger partial charge in [0.05, 0.1) is 25.8 Å². The van der Waals surface area contributed by atoms with E-state index in [0.29, 0.717) is 19.8 Å². The van der Waals surface area contributed by atoms with Gasteiger partial charge in [0, 0.05) is 13.1 Å². The fourth-order valence-corrected chi connectivity index (χ4v) is 2.20. The highest BCUT2D eigenvalue weighted by molar-refractivity contribution is 14.0. The summed E-state index contributed by atoms with van der Waals surface area (Å²) in [6.07, 6.45) is 0. The van der Waals surface area contributed by atoms with Crippen LogP contribution in [0.2, 0.25) is 0 Å². The zero-order valence-electron chi connectivity index (χ0n) is 11.2. The molecule has 0 bridgehead atoms. The molecule has 20 heavy (non-hydrogen) atoms. The van der Waals surface area contributed by atoms with Crippen LogP contribution in [0.4, 0.5) is 4.39 Å². The second-order valence-corrected chi connectivity index (χ2v) is 4.48. The largest absolute Gasteiger partial charge is 0.379 e. The lowest BCUT2D eigenvalue weighted by atomic mass is 10.0. The average molecular weight is 394 g/mol. The molecular weight excluding hydrogens is 374 g/mol. The molecule has 0 amide bonds. The molecule has 1 aromatic rings. The maximum atomic E-state index is 13.0. The third-order valence-electron chi connectivity index (χ3n) is 3.19. The molecule has 7 heteroatoms. The van der Waals surface area contributed by atoms with Gasteiger partial charge >= 0.3 is 0 Å². The molecule has 0 spiro atoms. The number of ether oxygens (including phenoxy) is 1. The van der Waals surface area contributed by atoms with Crippen molar-refractivity contribution < 1.29 is 9.13 Å². The molecule has 0 saturated carbocycles. The van der Waals surface area contributed by atoms with E-state index in [2.05, 4.69) is 9.89 Å². The first-order valence-electron chi connectivity index (χ1n) is 6.29. The molecule has 1 aliphatic heterocycles. The molecule has 0 radical (unpaired) electrons. The molecule has 1 atom stereocenters. The Morgan fingerprint density at radius 2 is 1.85 bits per heavy atom. The first-order valence-corrected chi connectivity index (χ1v) is 6.29. The predicted octanol–water partition coefficient (Wildman–Crippen LogP) is 1.09. The summed E-state index contributed by atoms with van der Waals surface area (Å²) in [6, 6.07) is 6.51. The number of rotatable bonds is 4. The number of benzene rings is 1. The van der Waals surface area contributed by atoms with E-state index in [1.807, 2.05) is 0 Å². The van der Waals surface area contributed by atoms with E-state index >= 15 is 0 Å². The van der Waals surface area contributed by atoms with Gasteiger partial charge in [0.25, 0.3) is 0 Å². The number of aliphatic imine (C=N–C) groups is 1. The van der Waals surface area contributed by atoms with E-state index < -0.39 is 0 Å². The van der Waals surface area contributed by atoms with Crippen LogP contribution in [-0.4, -0.2) is 43.7 Å². The Labute approximate surface area is 135 Å². The number of nitrogens with two attached hydrogens (primary N) is 2. The van der Waals surface area contributed by atoms with E-state index in [1.54, 1.807) is 12.1 Å². The summed E-state index contributed by atoms with van der Waals surface area (Å²) in [5, 5.41) is 0. The fourth-order valence-electron chi connectivity index (χ4n) is 2.20. The Hall–Kier alpha value is -0.930. The highest BCUT2D eigenvalue weighted by atomic mass is 127. The molecule has 2 rings (SSSR count). The molecule has 1 aliphatic rings. The lowest BCUT2D eigenvalue weighted by Crippen LogP contribution is -2.40. The van der Waals surface area contributed by atoms with Crippen LogP contribution in [0.3, 0.4) is 0 Å². The monoisotopic (exact) mass is 394 g/mol. The third kappa shape index (κ3) is 4.88. The van der Waals surface area contributed by atoms with Crippen molar-refractivity contribution in [3.8, 4) is 0 Å². The molecule has 0 aliphatic carbocycles. The minimum atomic E-state index is -0.244. The van der Waals surface area contributed by atoms with E-state index in [0.717, 1.165) is 18.7 Å². The SMILES string of the molecule is I.NC(N)=NCC(c1ccc(F)cc1)N1CCOCC1. The van der Waals surface area contributed by atoms with Gasteiger partial charge in [-0.1, -0.05) is 12.1 Å². The number of hydrogen-bond donors (Lipinski definition) is 2.